The lowest BCUT2D eigenvalue weighted by molar-refractivity contribution is -0.106. The molecule has 1 aliphatic rings. The molecule has 0 aliphatic heterocycles. The van der Waals surface area contributed by atoms with Crippen LogP contribution >= 0.6 is 0 Å². The molecule has 0 unspecified atom stereocenters. The summed E-state index contributed by atoms with van der Waals surface area (Å²) in [5.41, 5.74) is 5.02. The number of carbonyl (C=O) groups excluding carboxylic acids is 2. The molecule has 4 N–H and O–H groups in total. The number of amides is 2. The highest BCUT2D eigenvalue weighted by Gasteiger charge is 2.20. The number of rotatable bonds is 2. The van der Waals surface area contributed by atoms with Crippen LogP contribution in [0.1, 0.15) is 46.5 Å². The van der Waals surface area contributed by atoms with Gasteiger partial charge < -0.3 is 21.2 Å². The summed E-state index contributed by atoms with van der Waals surface area (Å²) in [4.78, 5) is 19.3. The molecule has 0 aromatic heterocycles. The van der Waals surface area contributed by atoms with Crippen LogP contribution in [0, 0.1) is 0 Å². The molecule has 1 saturated carbocycles. The Bertz CT molecular complexity index is 190. The van der Waals surface area contributed by atoms with Gasteiger partial charge in [0.05, 0.1) is 0 Å². The lowest BCUT2D eigenvalue weighted by Crippen LogP contribution is -2.43. The van der Waals surface area contributed by atoms with Crippen LogP contribution in [0.15, 0.2) is 0 Å². The molecule has 0 bridgehead atoms. The van der Waals surface area contributed by atoms with Gasteiger partial charge in [0.25, 0.3) is 0 Å². The second-order valence-electron chi connectivity index (χ2n) is 3.58. The number of urea groups is 1. The van der Waals surface area contributed by atoms with Gasteiger partial charge in [0.1, 0.15) is 6.29 Å². The fraction of sp³-hybridized carbons (Fsp3) is 0.833. The van der Waals surface area contributed by atoms with E-state index in [1.807, 2.05) is 20.9 Å². The Morgan fingerprint density at radius 1 is 1.18 bits per heavy atom. The molecule has 0 spiro atoms. The molecule has 0 saturated heterocycles. The Balaban J connectivity index is 0. The van der Waals surface area contributed by atoms with Crippen molar-refractivity contribution in [1.29, 1.82) is 0 Å². The smallest absolute Gasteiger partial charge is 0.312 e. The van der Waals surface area contributed by atoms with Gasteiger partial charge in [0.15, 0.2) is 0 Å². The maximum atomic E-state index is 10.5. The number of aldehydes is 1. The van der Waals surface area contributed by atoms with E-state index in [0.717, 1.165) is 32.0 Å². The number of nitrogens with two attached hydrogens (primary N) is 1. The molecule has 17 heavy (non-hydrogen) atoms. The Hall–Kier alpha value is -1.10. The van der Waals surface area contributed by atoms with Crippen LogP contribution in [0.3, 0.4) is 0 Å². The average molecular weight is 245 g/mol. The first-order valence-electron chi connectivity index (χ1n) is 6.27. The Labute approximate surface area is 105 Å². The van der Waals surface area contributed by atoms with E-state index in [4.69, 9.17) is 10.5 Å². The molecule has 1 rings (SSSR count). The molecular weight excluding hydrogens is 218 g/mol. The first-order chi connectivity index (χ1) is 8.13. The average Bonchev–Trinajstić information content (AvgIpc) is 2.33. The summed E-state index contributed by atoms with van der Waals surface area (Å²) in [7, 11) is 1.98. The van der Waals surface area contributed by atoms with Crippen molar-refractivity contribution in [2.45, 2.75) is 58.5 Å². The number of primary amides is 1. The number of hydrogen-bond acceptors (Lipinski definition) is 3. The molecular formula is C12H27N3O2. The van der Waals surface area contributed by atoms with E-state index >= 15 is 0 Å². The normalized spacial score (nSPS) is 22.1. The van der Waals surface area contributed by atoms with Gasteiger partial charge in [0, 0.05) is 12.1 Å². The van der Waals surface area contributed by atoms with Gasteiger partial charge in [-0.1, -0.05) is 13.8 Å². The molecule has 1 fully saturated rings. The van der Waals surface area contributed by atoms with Gasteiger partial charge >= 0.3 is 6.03 Å². The lowest BCUT2D eigenvalue weighted by Gasteiger charge is -2.28. The van der Waals surface area contributed by atoms with E-state index in [2.05, 4.69) is 10.6 Å². The second kappa shape index (κ2) is 13.0. The minimum absolute atomic E-state index is 0.298. The van der Waals surface area contributed by atoms with Gasteiger partial charge in [-0.3, -0.25) is 0 Å². The quantitative estimate of drug-likeness (QED) is 0.643. The van der Waals surface area contributed by atoms with Crippen molar-refractivity contribution in [3.63, 3.8) is 0 Å². The summed E-state index contributed by atoms with van der Waals surface area (Å²) in [5, 5.41) is 5.97. The standard InChI is InChI=1S/C8H17N3O.C2H4O.C2H6/c1-10-6-2-4-7(5-3-6)11-8(9)12;1-2-3;1-2/h6-7,10H,2-5H2,1H3,(H3,9,11,12);2H,1H3;1-2H3. The topological polar surface area (TPSA) is 84.2 Å². The van der Waals surface area contributed by atoms with Crippen molar-refractivity contribution < 1.29 is 9.59 Å². The minimum Gasteiger partial charge on any atom is -0.352 e. The van der Waals surface area contributed by atoms with Crippen LogP contribution in [0.5, 0.6) is 0 Å². The molecule has 0 aromatic carbocycles. The third-order valence-electron chi connectivity index (χ3n) is 2.48. The Morgan fingerprint density at radius 2 is 1.53 bits per heavy atom. The fourth-order valence-corrected chi connectivity index (χ4v) is 1.73. The first-order valence-corrected chi connectivity index (χ1v) is 6.27. The summed E-state index contributed by atoms with van der Waals surface area (Å²) in [6, 6.07) is 0.519. The van der Waals surface area contributed by atoms with E-state index in [-0.39, 0.29) is 0 Å². The molecule has 0 aromatic rings. The molecule has 102 valence electrons. The van der Waals surface area contributed by atoms with Gasteiger partial charge in [-0.25, -0.2) is 4.79 Å². The van der Waals surface area contributed by atoms with Crippen molar-refractivity contribution in [3.8, 4) is 0 Å². The molecule has 5 heteroatoms. The minimum atomic E-state index is -0.400. The van der Waals surface area contributed by atoms with E-state index in [1.54, 1.807) is 0 Å². The summed E-state index contributed by atoms with van der Waals surface area (Å²) in [5.74, 6) is 0. The van der Waals surface area contributed by atoms with E-state index < -0.39 is 6.03 Å². The first kappa shape index (κ1) is 18.3. The molecule has 5 nitrogen and oxygen atoms in total. The zero-order valence-electron chi connectivity index (χ0n) is 11.5. The molecule has 2 amide bonds. The van der Waals surface area contributed by atoms with Crippen LogP contribution in [0.2, 0.25) is 0 Å². The van der Waals surface area contributed by atoms with Crippen LogP contribution in [0.25, 0.3) is 0 Å². The molecule has 1 aliphatic carbocycles. The maximum absolute atomic E-state index is 10.5. The summed E-state index contributed by atoms with van der Waals surface area (Å²) in [6.07, 6.45) is 5.08. The predicted molar refractivity (Wildman–Crippen MR) is 70.9 cm³/mol. The van der Waals surface area contributed by atoms with Gasteiger partial charge in [0.2, 0.25) is 0 Å². The Morgan fingerprint density at radius 3 is 1.82 bits per heavy atom. The van der Waals surface area contributed by atoms with Crippen molar-refractivity contribution in [2.75, 3.05) is 7.05 Å². The number of hydrogen-bond donors (Lipinski definition) is 3. The van der Waals surface area contributed by atoms with Gasteiger partial charge in [-0.05, 0) is 39.7 Å². The van der Waals surface area contributed by atoms with Gasteiger partial charge in [-0.2, -0.15) is 0 Å². The Kier molecular flexibility index (Phi) is 13.9. The maximum Gasteiger partial charge on any atom is 0.312 e. The summed E-state index contributed by atoms with van der Waals surface area (Å²) < 4.78 is 0. The van der Waals surface area contributed by atoms with Crippen LogP contribution in [-0.4, -0.2) is 31.4 Å². The van der Waals surface area contributed by atoms with Crippen LogP contribution in [-0.2, 0) is 4.79 Å². The van der Waals surface area contributed by atoms with Gasteiger partial charge in [-0.15, -0.1) is 0 Å². The molecule has 0 radical (unpaired) electrons. The second-order valence-corrected chi connectivity index (χ2v) is 3.58. The number of carbonyl (C=O) groups is 2. The third kappa shape index (κ3) is 11.2. The fourth-order valence-electron chi connectivity index (χ4n) is 1.73. The van der Waals surface area contributed by atoms with Crippen LogP contribution in [0.4, 0.5) is 4.79 Å². The third-order valence-corrected chi connectivity index (χ3v) is 2.48. The van der Waals surface area contributed by atoms with E-state index in [0.29, 0.717) is 12.1 Å². The molecule has 0 atom stereocenters. The van der Waals surface area contributed by atoms with E-state index in [1.165, 1.54) is 6.92 Å². The summed E-state index contributed by atoms with van der Waals surface area (Å²) in [6.45, 7) is 5.44. The largest absolute Gasteiger partial charge is 0.352 e. The highest BCUT2D eigenvalue weighted by Crippen LogP contribution is 2.17. The van der Waals surface area contributed by atoms with E-state index in [9.17, 15) is 4.79 Å². The van der Waals surface area contributed by atoms with Crippen LogP contribution < -0.4 is 16.4 Å². The highest BCUT2D eigenvalue weighted by molar-refractivity contribution is 5.71. The van der Waals surface area contributed by atoms with Crippen molar-refractivity contribution in [3.05, 3.63) is 0 Å². The molecule has 0 heterocycles. The van der Waals surface area contributed by atoms with Crippen molar-refractivity contribution in [1.82, 2.24) is 10.6 Å². The SMILES string of the molecule is CC.CC=O.CNC1CCC(NC(N)=O)CC1. The monoisotopic (exact) mass is 245 g/mol. The van der Waals surface area contributed by atoms with Crippen molar-refractivity contribution >= 4 is 12.3 Å². The summed E-state index contributed by atoms with van der Waals surface area (Å²) >= 11 is 0. The zero-order valence-corrected chi connectivity index (χ0v) is 11.5. The lowest BCUT2D eigenvalue weighted by atomic mass is 9.91. The van der Waals surface area contributed by atoms with Crippen molar-refractivity contribution in [2.24, 2.45) is 5.73 Å². The predicted octanol–water partition coefficient (Wildman–Crippen LogP) is 1.42. The number of nitrogens with one attached hydrogen (secondary N) is 2. The zero-order chi connectivity index (χ0) is 13.7. The highest BCUT2D eigenvalue weighted by atomic mass is 16.2.